The van der Waals surface area contributed by atoms with Crippen molar-refractivity contribution in [1.29, 1.82) is 0 Å². The maximum absolute atomic E-state index is 12.6. The van der Waals surface area contributed by atoms with Crippen molar-refractivity contribution in [3.8, 4) is 0 Å². The van der Waals surface area contributed by atoms with Crippen molar-refractivity contribution in [2.24, 2.45) is 0 Å². The van der Waals surface area contributed by atoms with Crippen molar-refractivity contribution >= 4 is 39.3 Å². The minimum Gasteiger partial charge on any atom is -0.379 e. The van der Waals surface area contributed by atoms with Crippen LogP contribution in [0.4, 0.5) is 0 Å². The molecule has 10 nitrogen and oxygen atoms in total. The van der Waals surface area contributed by atoms with Gasteiger partial charge in [0.15, 0.2) is 5.11 Å². The number of nitrogens with one attached hydrogen (secondary N) is 2. The maximum Gasteiger partial charge on any atom is 0.250 e. The van der Waals surface area contributed by atoms with Crippen LogP contribution in [0.25, 0.3) is 6.08 Å². The van der Waals surface area contributed by atoms with Gasteiger partial charge in [-0.1, -0.05) is 12.1 Å². The summed E-state index contributed by atoms with van der Waals surface area (Å²) >= 11 is 5.00. The van der Waals surface area contributed by atoms with Gasteiger partial charge in [0, 0.05) is 19.2 Å². The third-order valence-electron chi connectivity index (χ3n) is 3.80. The Morgan fingerprint density at radius 1 is 1.14 bits per heavy atom. The Balaban J connectivity index is 1.57. The topological polar surface area (TPSA) is 118 Å². The van der Waals surface area contributed by atoms with Crippen LogP contribution >= 0.6 is 12.2 Å². The molecule has 1 fully saturated rings. The lowest BCUT2D eigenvalue weighted by molar-refractivity contribution is -0.115. The van der Waals surface area contributed by atoms with Crippen molar-refractivity contribution < 1.29 is 17.9 Å². The van der Waals surface area contributed by atoms with E-state index in [0.29, 0.717) is 31.9 Å². The zero-order valence-corrected chi connectivity index (χ0v) is 16.3. The second-order valence-electron chi connectivity index (χ2n) is 5.72. The van der Waals surface area contributed by atoms with Crippen LogP contribution in [-0.4, -0.2) is 64.9 Å². The van der Waals surface area contributed by atoms with E-state index >= 15 is 0 Å². The lowest BCUT2D eigenvalue weighted by atomic mass is 10.2. The average molecular weight is 422 g/mol. The molecular weight excluding hydrogens is 404 g/mol. The van der Waals surface area contributed by atoms with E-state index in [4.69, 9.17) is 17.0 Å². The molecule has 1 saturated heterocycles. The second-order valence-corrected chi connectivity index (χ2v) is 8.06. The van der Waals surface area contributed by atoms with Gasteiger partial charge in [0.2, 0.25) is 15.9 Å². The normalized spacial score (nSPS) is 15.4. The number of carbonyl (C=O) groups excluding carboxylic acids is 1. The number of benzene rings is 1. The molecule has 12 heteroatoms. The molecule has 1 aliphatic heterocycles. The molecule has 1 amide bonds. The first-order chi connectivity index (χ1) is 13.4. The lowest BCUT2D eigenvalue weighted by Gasteiger charge is -2.26. The van der Waals surface area contributed by atoms with Gasteiger partial charge in [-0.2, -0.15) is 4.31 Å². The predicted molar refractivity (Wildman–Crippen MR) is 105 cm³/mol. The van der Waals surface area contributed by atoms with E-state index in [1.807, 2.05) is 0 Å². The molecule has 2 heterocycles. The molecule has 0 saturated carbocycles. The fraction of sp³-hybridized carbons (Fsp3) is 0.250. The molecule has 3 rings (SSSR count). The van der Waals surface area contributed by atoms with Gasteiger partial charge in [0.1, 0.15) is 12.7 Å². The summed E-state index contributed by atoms with van der Waals surface area (Å²) in [6.45, 7) is 1.47. The standard InChI is InChI=1S/C16H18N6O4S2/c23-15(19-16(27)20-21-11-17-18-12-21)6-3-13-1-4-14(5-2-13)28(24,25)22-7-9-26-10-8-22/h1-6,11-12H,7-10H2,(H2,19,20,23,27). The van der Waals surface area contributed by atoms with Gasteiger partial charge in [-0.25, -0.2) is 13.1 Å². The monoisotopic (exact) mass is 422 g/mol. The van der Waals surface area contributed by atoms with Crippen molar-refractivity contribution in [2.75, 3.05) is 31.7 Å². The van der Waals surface area contributed by atoms with Crippen LogP contribution in [0.15, 0.2) is 47.9 Å². The number of ether oxygens (including phenoxy) is 1. The summed E-state index contributed by atoms with van der Waals surface area (Å²) in [6, 6.07) is 6.29. The van der Waals surface area contributed by atoms with Crippen LogP contribution in [0.1, 0.15) is 5.56 Å². The van der Waals surface area contributed by atoms with E-state index in [1.165, 1.54) is 39.8 Å². The predicted octanol–water partition coefficient (Wildman–Crippen LogP) is -0.0430. The Kier molecular flexibility index (Phi) is 6.46. The van der Waals surface area contributed by atoms with Gasteiger partial charge < -0.3 is 4.74 Å². The van der Waals surface area contributed by atoms with Crippen molar-refractivity contribution in [1.82, 2.24) is 24.5 Å². The van der Waals surface area contributed by atoms with Crippen LogP contribution in [-0.2, 0) is 19.6 Å². The Labute approximate surface area is 167 Å². The first-order valence-corrected chi connectivity index (χ1v) is 10.1. The van der Waals surface area contributed by atoms with Gasteiger partial charge in [0.05, 0.1) is 18.1 Å². The molecule has 0 radical (unpaired) electrons. The lowest BCUT2D eigenvalue weighted by Crippen LogP contribution is -2.40. The highest BCUT2D eigenvalue weighted by Crippen LogP contribution is 2.18. The third-order valence-corrected chi connectivity index (χ3v) is 5.91. The Hall–Kier alpha value is -2.67. The highest BCUT2D eigenvalue weighted by molar-refractivity contribution is 7.89. The second kappa shape index (κ2) is 9.01. The third kappa shape index (κ3) is 5.19. The number of amides is 1. The zero-order valence-electron chi connectivity index (χ0n) is 14.7. The quantitative estimate of drug-likeness (QED) is 0.509. The summed E-state index contributed by atoms with van der Waals surface area (Å²) in [5.74, 6) is -0.435. The highest BCUT2D eigenvalue weighted by Gasteiger charge is 2.25. The van der Waals surface area contributed by atoms with E-state index in [0.717, 1.165) is 0 Å². The van der Waals surface area contributed by atoms with Gasteiger partial charge >= 0.3 is 0 Å². The molecule has 0 aliphatic carbocycles. The minimum atomic E-state index is -3.54. The van der Waals surface area contributed by atoms with Crippen LogP contribution < -0.4 is 10.7 Å². The molecule has 1 aromatic carbocycles. The number of hydrogen-bond donors (Lipinski definition) is 2. The van der Waals surface area contributed by atoms with Gasteiger partial charge in [0.25, 0.3) is 0 Å². The molecule has 1 aromatic heterocycles. The maximum atomic E-state index is 12.6. The molecule has 0 unspecified atom stereocenters. The molecular formula is C16H18N6O4S2. The van der Waals surface area contributed by atoms with E-state index in [1.54, 1.807) is 18.2 Å². The Morgan fingerprint density at radius 3 is 2.43 bits per heavy atom. The number of sulfonamides is 1. The largest absolute Gasteiger partial charge is 0.379 e. The molecule has 0 spiro atoms. The number of thiocarbonyl (C=S) groups is 1. The van der Waals surface area contributed by atoms with Crippen molar-refractivity contribution in [3.05, 3.63) is 48.6 Å². The van der Waals surface area contributed by atoms with E-state index in [2.05, 4.69) is 20.9 Å². The summed E-state index contributed by atoms with van der Waals surface area (Å²) in [5, 5.41) is 9.75. The van der Waals surface area contributed by atoms with Crippen molar-refractivity contribution in [3.63, 3.8) is 0 Å². The zero-order chi connectivity index (χ0) is 20.0. The van der Waals surface area contributed by atoms with Gasteiger partial charge in [-0.15, -0.1) is 10.2 Å². The number of aromatic nitrogens is 3. The summed E-state index contributed by atoms with van der Waals surface area (Å²) in [7, 11) is -3.54. The molecule has 28 heavy (non-hydrogen) atoms. The summed E-state index contributed by atoms with van der Waals surface area (Å²) in [5.41, 5.74) is 3.36. The highest BCUT2D eigenvalue weighted by atomic mass is 32.2. The number of carbonyl (C=O) groups is 1. The number of morpholine rings is 1. The average Bonchev–Trinajstić information content (AvgIpc) is 3.20. The van der Waals surface area contributed by atoms with Gasteiger partial charge in [-0.3, -0.25) is 15.5 Å². The number of nitrogens with zero attached hydrogens (tertiary/aromatic N) is 4. The Bertz CT molecular complexity index is 952. The molecule has 0 bridgehead atoms. The first kappa shape index (κ1) is 20.1. The molecule has 1 aliphatic rings. The summed E-state index contributed by atoms with van der Waals surface area (Å²) in [4.78, 5) is 12.1. The molecule has 0 atom stereocenters. The first-order valence-electron chi connectivity index (χ1n) is 8.28. The minimum absolute atomic E-state index is 0.0846. The van der Waals surface area contributed by atoms with Crippen LogP contribution in [0.5, 0.6) is 0 Å². The molecule has 2 N–H and O–H groups in total. The number of rotatable bonds is 5. The van der Waals surface area contributed by atoms with E-state index < -0.39 is 15.9 Å². The SMILES string of the molecule is O=C(C=Cc1ccc(S(=O)(=O)N2CCOCC2)cc1)NC(=S)Nn1cnnc1. The van der Waals surface area contributed by atoms with Crippen LogP contribution in [0, 0.1) is 0 Å². The van der Waals surface area contributed by atoms with Crippen LogP contribution in [0.2, 0.25) is 0 Å². The summed E-state index contributed by atoms with van der Waals surface area (Å²) < 4.78 is 33.1. The molecule has 2 aromatic rings. The summed E-state index contributed by atoms with van der Waals surface area (Å²) in [6.07, 6.45) is 5.63. The number of hydrogen-bond acceptors (Lipinski definition) is 7. The Morgan fingerprint density at radius 2 is 1.79 bits per heavy atom. The van der Waals surface area contributed by atoms with E-state index in [-0.39, 0.29) is 10.0 Å². The van der Waals surface area contributed by atoms with Gasteiger partial charge in [-0.05, 0) is 36.0 Å². The smallest absolute Gasteiger partial charge is 0.250 e. The van der Waals surface area contributed by atoms with Crippen LogP contribution in [0.3, 0.4) is 0 Å². The fourth-order valence-electron chi connectivity index (χ4n) is 2.42. The van der Waals surface area contributed by atoms with E-state index in [9.17, 15) is 13.2 Å². The molecule has 148 valence electrons. The van der Waals surface area contributed by atoms with Crippen molar-refractivity contribution in [2.45, 2.75) is 4.90 Å². The fourth-order valence-corrected chi connectivity index (χ4v) is 4.03.